The number of hydrogen-bond acceptors (Lipinski definition) is 3. The average molecular weight is 296 g/mol. The van der Waals surface area contributed by atoms with Crippen LogP contribution >= 0.6 is 0 Å². The molecule has 0 saturated heterocycles. The molecule has 2 aromatic carbocycles. The van der Waals surface area contributed by atoms with Gasteiger partial charge in [0.05, 0.1) is 0 Å². The zero-order valence-corrected chi connectivity index (χ0v) is 12.5. The summed E-state index contributed by atoms with van der Waals surface area (Å²) in [6.45, 7) is 0. The largest absolute Gasteiger partial charge is 0.514 e. The summed E-state index contributed by atoms with van der Waals surface area (Å²) >= 11 is 0. The minimum atomic E-state index is -0.602. The van der Waals surface area contributed by atoms with Crippen LogP contribution in [-0.4, -0.2) is 12.3 Å². The number of rotatable bonds is 3. The van der Waals surface area contributed by atoms with Crippen molar-refractivity contribution in [2.24, 2.45) is 0 Å². The van der Waals surface area contributed by atoms with Gasteiger partial charge in [0.2, 0.25) is 0 Å². The molecule has 0 atom stereocenters. The van der Waals surface area contributed by atoms with E-state index in [9.17, 15) is 4.79 Å². The van der Waals surface area contributed by atoms with Gasteiger partial charge in [0.25, 0.3) is 0 Å². The minimum absolute atomic E-state index is 0.0313. The van der Waals surface area contributed by atoms with E-state index in [0.29, 0.717) is 11.7 Å². The molecule has 22 heavy (non-hydrogen) atoms. The van der Waals surface area contributed by atoms with Gasteiger partial charge in [0.15, 0.2) is 0 Å². The van der Waals surface area contributed by atoms with Crippen LogP contribution in [0.3, 0.4) is 0 Å². The van der Waals surface area contributed by atoms with Crippen LogP contribution in [-0.2, 0) is 4.74 Å². The standard InChI is InChI=1S/C19H20O3/c20-19(21-17-9-5-2-6-10-17)22-18-13-11-16(12-14-18)15-7-3-1-4-8-15/h1-10,16,18H,11-14H2. The molecule has 0 aromatic heterocycles. The molecule has 0 amide bonds. The second kappa shape index (κ2) is 7.12. The fraction of sp³-hybridized carbons (Fsp3) is 0.316. The van der Waals surface area contributed by atoms with Crippen molar-refractivity contribution in [3.05, 3.63) is 66.2 Å². The lowest BCUT2D eigenvalue weighted by atomic mass is 9.83. The molecule has 0 N–H and O–H groups in total. The molecule has 0 aliphatic heterocycles. The van der Waals surface area contributed by atoms with E-state index in [4.69, 9.17) is 9.47 Å². The molecule has 0 radical (unpaired) electrons. The molecule has 2 aromatic rings. The molecule has 0 heterocycles. The van der Waals surface area contributed by atoms with Gasteiger partial charge in [-0.3, -0.25) is 0 Å². The first-order valence-electron chi connectivity index (χ1n) is 7.80. The molecule has 1 saturated carbocycles. The first-order chi connectivity index (χ1) is 10.8. The maximum absolute atomic E-state index is 11.8. The lowest BCUT2D eigenvalue weighted by molar-refractivity contribution is 0.0389. The first kappa shape index (κ1) is 14.6. The fourth-order valence-corrected chi connectivity index (χ4v) is 2.98. The van der Waals surface area contributed by atoms with Gasteiger partial charge < -0.3 is 9.47 Å². The van der Waals surface area contributed by atoms with Crippen LogP contribution in [0.2, 0.25) is 0 Å². The minimum Gasteiger partial charge on any atom is -0.431 e. The number of para-hydroxylation sites is 1. The van der Waals surface area contributed by atoms with E-state index in [1.54, 1.807) is 12.1 Å². The summed E-state index contributed by atoms with van der Waals surface area (Å²) < 4.78 is 10.6. The third-order valence-corrected chi connectivity index (χ3v) is 4.15. The molecule has 3 rings (SSSR count). The maximum atomic E-state index is 11.8. The topological polar surface area (TPSA) is 35.5 Å². The summed E-state index contributed by atoms with van der Waals surface area (Å²) in [5, 5.41) is 0. The highest BCUT2D eigenvalue weighted by atomic mass is 16.7. The lowest BCUT2D eigenvalue weighted by Gasteiger charge is -2.28. The van der Waals surface area contributed by atoms with Crippen molar-refractivity contribution < 1.29 is 14.3 Å². The monoisotopic (exact) mass is 296 g/mol. The quantitative estimate of drug-likeness (QED) is 0.595. The smallest absolute Gasteiger partial charge is 0.431 e. The molecule has 3 heteroatoms. The molecule has 0 bridgehead atoms. The Labute approximate surface area is 130 Å². The van der Waals surface area contributed by atoms with E-state index in [0.717, 1.165) is 25.7 Å². The van der Waals surface area contributed by atoms with Crippen molar-refractivity contribution in [1.82, 2.24) is 0 Å². The summed E-state index contributed by atoms with van der Waals surface area (Å²) in [6, 6.07) is 19.6. The van der Waals surface area contributed by atoms with E-state index >= 15 is 0 Å². The van der Waals surface area contributed by atoms with E-state index < -0.39 is 6.16 Å². The van der Waals surface area contributed by atoms with Gasteiger partial charge in [-0.05, 0) is 49.3 Å². The van der Waals surface area contributed by atoms with Crippen LogP contribution in [0.4, 0.5) is 4.79 Å². The molecule has 3 nitrogen and oxygen atoms in total. The zero-order chi connectivity index (χ0) is 15.2. The molecule has 114 valence electrons. The Morgan fingerprint density at radius 3 is 2.05 bits per heavy atom. The molecule has 1 fully saturated rings. The van der Waals surface area contributed by atoms with Crippen molar-refractivity contribution in [2.45, 2.75) is 37.7 Å². The SMILES string of the molecule is O=C(Oc1ccccc1)OC1CCC(c2ccccc2)CC1. The second-order valence-corrected chi connectivity index (χ2v) is 5.67. The summed E-state index contributed by atoms with van der Waals surface area (Å²) in [6.07, 6.45) is 3.25. The maximum Gasteiger partial charge on any atom is 0.514 e. The molecule has 1 aliphatic rings. The Kier molecular flexibility index (Phi) is 4.74. The number of benzene rings is 2. The Balaban J connectivity index is 1.47. The van der Waals surface area contributed by atoms with Gasteiger partial charge in [-0.1, -0.05) is 48.5 Å². The zero-order valence-electron chi connectivity index (χ0n) is 12.5. The van der Waals surface area contributed by atoms with Crippen LogP contribution in [0, 0.1) is 0 Å². The fourth-order valence-electron chi connectivity index (χ4n) is 2.98. The van der Waals surface area contributed by atoms with E-state index in [1.165, 1.54) is 5.56 Å². The summed E-state index contributed by atoms with van der Waals surface area (Å²) in [5.41, 5.74) is 1.38. The molecular formula is C19H20O3. The van der Waals surface area contributed by atoms with Gasteiger partial charge in [0.1, 0.15) is 11.9 Å². The highest BCUT2D eigenvalue weighted by Gasteiger charge is 2.25. The van der Waals surface area contributed by atoms with Gasteiger partial charge in [-0.15, -0.1) is 0 Å². The number of ether oxygens (including phenoxy) is 2. The van der Waals surface area contributed by atoms with E-state index in [-0.39, 0.29) is 6.10 Å². The van der Waals surface area contributed by atoms with Crippen molar-refractivity contribution in [1.29, 1.82) is 0 Å². The summed E-state index contributed by atoms with van der Waals surface area (Å²) in [5.74, 6) is 1.09. The van der Waals surface area contributed by atoms with Crippen LogP contribution < -0.4 is 4.74 Å². The highest BCUT2D eigenvalue weighted by Crippen LogP contribution is 2.34. The average Bonchev–Trinajstić information content (AvgIpc) is 2.57. The predicted molar refractivity (Wildman–Crippen MR) is 85.0 cm³/mol. The Hall–Kier alpha value is -2.29. The Bertz CT molecular complexity index is 587. The number of carbonyl (C=O) groups excluding carboxylic acids is 1. The highest BCUT2D eigenvalue weighted by molar-refractivity contribution is 5.63. The van der Waals surface area contributed by atoms with Gasteiger partial charge >= 0.3 is 6.16 Å². The number of carbonyl (C=O) groups is 1. The van der Waals surface area contributed by atoms with E-state index in [1.807, 2.05) is 24.3 Å². The van der Waals surface area contributed by atoms with Crippen molar-refractivity contribution in [3.63, 3.8) is 0 Å². The molecule has 1 aliphatic carbocycles. The first-order valence-corrected chi connectivity index (χ1v) is 7.80. The van der Waals surface area contributed by atoms with Crippen LogP contribution in [0.15, 0.2) is 60.7 Å². The van der Waals surface area contributed by atoms with Crippen LogP contribution in [0.25, 0.3) is 0 Å². The molecule has 0 unspecified atom stereocenters. The van der Waals surface area contributed by atoms with Gasteiger partial charge in [-0.25, -0.2) is 4.79 Å². The third-order valence-electron chi connectivity index (χ3n) is 4.15. The third kappa shape index (κ3) is 3.88. The second-order valence-electron chi connectivity index (χ2n) is 5.67. The predicted octanol–water partition coefficient (Wildman–Crippen LogP) is 4.93. The van der Waals surface area contributed by atoms with Crippen LogP contribution in [0.5, 0.6) is 5.75 Å². The van der Waals surface area contributed by atoms with Crippen LogP contribution in [0.1, 0.15) is 37.2 Å². The van der Waals surface area contributed by atoms with Crippen molar-refractivity contribution in [3.8, 4) is 5.75 Å². The number of hydrogen-bond donors (Lipinski definition) is 0. The normalized spacial score (nSPS) is 21.1. The van der Waals surface area contributed by atoms with Gasteiger partial charge in [0, 0.05) is 0 Å². The Morgan fingerprint density at radius 1 is 0.818 bits per heavy atom. The lowest BCUT2D eigenvalue weighted by Crippen LogP contribution is -2.25. The van der Waals surface area contributed by atoms with Crippen molar-refractivity contribution >= 4 is 6.16 Å². The summed E-state index contributed by atoms with van der Waals surface area (Å²) in [4.78, 5) is 11.8. The summed E-state index contributed by atoms with van der Waals surface area (Å²) in [7, 11) is 0. The molecule has 0 spiro atoms. The molecular weight excluding hydrogens is 276 g/mol. The van der Waals surface area contributed by atoms with E-state index in [2.05, 4.69) is 24.3 Å². The van der Waals surface area contributed by atoms with Crippen molar-refractivity contribution in [2.75, 3.05) is 0 Å². The van der Waals surface area contributed by atoms with Gasteiger partial charge in [-0.2, -0.15) is 0 Å². The Morgan fingerprint density at radius 2 is 1.41 bits per heavy atom.